The van der Waals surface area contributed by atoms with Gasteiger partial charge in [0.25, 0.3) is 0 Å². The Morgan fingerprint density at radius 2 is 0.833 bits per heavy atom. The molecular weight excluding hydrogens is 144 g/mol. The lowest BCUT2D eigenvalue weighted by Crippen LogP contribution is -1.99. The van der Waals surface area contributed by atoms with Crippen LogP contribution in [0.3, 0.4) is 0 Å². The molecular formula is C12H22. The van der Waals surface area contributed by atoms with Crippen LogP contribution in [-0.4, -0.2) is 0 Å². The van der Waals surface area contributed by atoms with Crippen LogP contribution in [0.2, 0.25) is 0 Å². The zero-order chi connectivity index (χ0) is 9.83. The van der Waals surface area contributed by atoms with E-state index >= 15 is 0 Å². The first-order valence-corrected chi connectivity index (χ1v) is 4.58. The molecule has 0 aliphatic rings. The minimum Gasteiger partial charge on any atom is -0.0791 e. The van der Waals surface area contributed by atoms with Crippen molar-refractivity contribution < 1.29 is 0 Å². The Morgan fingerprint density at radius 1 is 0.583 bits per heavy atom. The molecule has 0 atom stereocenters. The van der Waals surface area contributed by atoms with Crippen LogP contribution in [-0.2, 0) is 0 Å². The van der Waals surface area contributed by atoms with Crippen LogP contribution in [0.25, 0.3) is 0 Å². The molecule has 0 aliphatic heterocycles. The molecule has 0 heteroatoms. The molecule has 0 aromatic carbocycles. The van der Waals surface area contributed by atoms with Gasteiger partial charge in [0.15, 0.2) is 0 Å². The van der Waals surface area contributed by atoms with Crippen molar-refractivity contribution in [1.29, 1.82) is 0 Å². The lowest BCUT2D eigenvalue weighted by atomic mass is 9.94. The minimum atomic E-state index is 0.294. The normalized spacial score (nSPS) is 14.8. The molecule has 0 aromatic rings. The molecule has 0 N–H and O–H groups in total. The van der Waals surface area contributed by atoms with Gasteiger partial charge < -0.3 is 0 Å². The van der Waals surface area contributed by atoms with Gasteiger partial charge in [0.05, 0.1) is 0 Å². The summed E-state index contributed by atoms with van der Waals surface area (Å²) in [6, 6.07) is 0. The van der Waals surface area contributed by atoms with E-state index < -0.39 is 0 Å². The van der Waals surface area contributed by atoms with Crippen LogP contribution in [0.4, 0.5) is 0 Å². The zero-order valence-corrected chi connectivity index (χ0v) is 9.31. The van der Waals surface area contributed by atoms with Crippen molar-refractivity contribution >= 4 is 0 Å². The molecule has 0 unspecified atom stereocenters. The fraction of sp³-hybridized carbons (Fsp3) is 0.667. The predicted octanol–water partition coefficient (Wildman–Crippen LogP) is 4.19. The average Bonchev–Trinajstić information content (AvgIpc) is 1.76. The highest BCUT2D eigenvalue weighted by Gasteiger charge is 2.03. The van der Waals surface area contributed by atoms with Crippen LogP contribution < -0.4 is 0 Å². The maximum atomic E-state index is 2.22. The van der Waals surface area contributed by atoms with Gasteiger partial charge in [-0.3, -0.25) is 0 Å². The lowest BCUT2D eigenvalue weighted by Gasteiger charge is -2.12. The van der Waals surface area contributed by atoms with E-state index in [1.807, 2.05) is 0 Å². The number of allylic oxidation sites excluding steroid dienone is 4. The summed E-state index contributed by atoms with van der Waals surface area (Å²) in [6.07, 6.45) is 8.70. The summed E-state index contributed by atoms with van der Waals surface area (Å²) < 4.78 is 0. The minimum absolute atomic E-state index is 0.294. The summed E-state index contributed by atoms with van der Waals surface area (Å²) in [5.74, 6) is 0. The fourth-order valence-corrected chi connectivity index (χ4v) is 0.688. The number of rotatable bonds is 1. The molecule has 12 heavy (non-hydrogen) atoms. The highest BCUT2D eigenvalue weighted by molar-refractivity contribution is 5.08. The zero-order valence-electron chi connectivity index (χ0n) is 9.31. The van der Waals surface area contributed by atoms with Gasteiger partial charge >= 0.3 is 0 Å². The van der Waals surface area contributed by atoms with E-state index in [1.54, 1.807) is 0 Å². The van der Waals surface area contributed by atoms with E-state index in [1.165, 1.54) is 0 Å². The van der Waals surface area contributed by atoms with Crippen molar-refractivity contribution in [3.63, 3.8) is 0 Å². The van der Waals surface area contributed by atoms with E-state index in [4.69, 9.17) is 0 Å². The third-order valence-corrected chi connectivity index (χ3v) is 1.30. The molecule has 0 saturated heterocycles. The van der Waals surface area contributed by atoms with E-state index in [0.717, 1.165) is 0 Å². The summed E-state index contributed by atoms with van der Waals surface area (Å²) in [6.45, 7) is 13.2. The van der Waals surface area contributed by atoms with E-state index in [0.29, 0.717) is 10.8 Å². The van der Waals surface area contributed by atoms with Crippen LogP contribution >= 0.6 is 0 Å². The average molecular weight is 166 g/mol. The summed E-state index contributed by atoms with van der Waals surface area (Å²) in [5.41, 5.74) is 0.588. The molecule has 70 valence electrons. The van der Waals surface area contributed by atoms with Crippen molar-refractivity contribution in [2.45, 2.75) is 41.5 Å². The number of hydrogen-bond acceptors (Lipinski definition) is 0. The molecule has 0 spiro atoms. The van der Waals surface area contributed by atoms with Crippen LogP contribution in [0.5, 0.6) is 0 Å². The van der Waals surface area contributed by atoms with Gasteiger partial charge in [0.1, 0.15) is 0 Å². The molecule has 0 rings (SSSR count). The van der Waals surface area contributed by atoms with E-state index in [9.17, 15) is 0 Å². The highest BCUT2D eigenvalue weighted by Crippen LogP contribution is 2.16. The van der Waals surface area contributed by atoms with Gasteiger partial charge in [-0.2, -0.15) is 0 Å². The standard InChI is InChI=1S/C12H22/c1-11(2,3)9-7-8-10-12(4,5)6/h7-10H,1-6H3. The van der Waals surface area contributed by atoms with Gasteiger partial charge in [-0.15, -0.1) is 0 Å². The summed E-state index contributed by atoms with van der Waals surface area (Å²) in [5, 5.41) is 0. The van der Waals surface area contributed by atoms with Crippen LogP contribution in [0.15, 0.2) is 24.3 Å². The lowest BCUT2D eigenvalue weighted by molar-refractivity contribution is 0.539. The molecule has 0 fully saturated rings. The topological polar surface area (TPSA) is 0 Å². The van der Waals surface area contributed by atoms with Gasteiger partial charge in [-0.05, 0) is 10.8 Å². The van der Waals surface area contributed by atoms with E-state index in [2.05, 4.69) is 65.8 Å². The quantitative estimate of drug-likeness (QED) is 0.512. The Hall–Kier alpha value is -0.520. The smallest absolute Gasteiger partial charge is 0.0200 e. The second-order valence-corrected chi connectivity index (χ2v) is 5.45. The second kappa shape index (κ2) is 3.93. The van der Waals surface area contributed by atoms with Crippen molar-refractivity contribution in [2.75, 3.05) is 0 Å². The third kappa shape index (κ3) is 9.48. The van der Waals surface area contributed by atoms with Crippen molar-refractivity contribution in [3.8, 4) is 0 Å². The van der Waals surface area contributed by atoms with Crippen LogP contribution in [0, 0.1) is 10.8 Å². The van der Waals surface area contributed by atoms with Gasteiger partial charge in [-0.1, -0.05) is 65.8 Å². The molecule has 0 aromatic heterocycles. The Morgan fingerprint density at radius 3 is 1.00 bits per heavy atom. The Labute approximate surface area is 77.4 Å². The summed E-state index contributed by atoms with van der Waals surface area (Å²) in [4.78, 5) is 0. The van der Waals surface area contributed by atoms with Crippen molar-refractivity contribution in [3.05, 3.63) is 24.3 Å². The van der Waals surface area contributed by atoms with E-state index in [-0.39, 0.29) is 0 Å². The predicted molar refractivity (Wildman–Crippen MR) is 57.2 cm³/mol. The maximum absolute atomic E-state index is 2.22. The third-order valence-electron chi connectivity index (χ3n) is 1.30. The first kappa shape index (κ1) is 11.5. The SMILES string of the molecule is CC(C)(C)C=CC=CC(C)(C)C. The van der Waals surface area contributed by atoms with Crippen molar-refractivity contribution in [1.82, 2.24) is 0 Å². The van der Waals surface area contributed by atoms with Gasteiger partial charge in [0, 0.05) is 0 Å². The van der Waals surface area contributed by atoms with Crippen LogP contribution in [0.1, 0.15) is 41.5 Å². The molecule has 0 radical (unpaired) electrons. The second-order valence-electron chi connectivity index (χ2n) is 5.45. The molecule has 0 heterocycles. The molecule has 0 bridgehead atoms. The highest BCUT2D eigenvalue weighted by atomic mass is 14.1. The first-order valence-electron chi connectivity index (χ1n) is 4.58. The Balaban J connectivity index is 4.00. The fourth-order valence-electron chi connectivity index (χ4n) is 0.688. The molecule has 0 saturated carbocycles. The summed E-state index contributed by atoms with van der Waals surface area (Å²) >= 11 is 0. The monoisotopic (exact) mass is 166 g/mol. The molecule has 0 aliphatic carbocycles. The molecule has 0 nitrogen and oxygen atoms in total. The Bertz CT molecular complexity index is 147. The number of hydrogen-bond donors (Lipinski definition) is 0. The maximum Gasteiger partial charge on any atom is -0.0200 e. The summed E-state index contributed by atoms with van der Waals surface area (Å²) in [7, 11) is 0. The van der Waals surface area contributed by atoms with Crippen molar-refractivity contribution in [2.24, 2.45) is 10.8 Å². The van der Waals surface area contributed by atoms with Gasteiger partial charge in [0.2, 0.25) is 0 Å². The first-order chi connectivity index (χ1) is 5.21. The molecule has 0 amide bonds. The van der Waals surface area contributed by atoms with Gasteiger partial charge in [-0.25, -0.2) is 0 Å². The largest absolute Gasteiger partial charge is 0.0791 e. The Kier molecular flexibility index (Phi) is 3.76.